The Balaban J connectivity index is 2.38. The molecule has 0 spiro atoms. The van der Waals surface area contributed by atoms with Crippen LogP contribution in [-0.2, 0) is 0 Å². The zero-order valence-electron chi connectivity index (χ0n) is 12.2. The number of rotatable bonds is 2. The number of fused-ring (bicyclic) bond motifs is 1. The van der Waals surface area contributed by atoms with Gasteiger partial charge in [-0.1, -0.05) is 41.4 Å². The van der Waals surface area contributed by atoms with E-state index in [1.54, 1.807) is 24.3 Å². The van der Waals surface area contributed by atoms with Gasteiger partial charge in [-0.25, -0.2) is 4.98 Å². The topological polar surface area (TPSA) is 30.0 Å². The molecule has 22 heavy (non-hydrogen) atoms. The zero-order valence-corrected chi connectivity index (χ0v) is 13.7. The molecule has 0 aliphatic rings. The number of carbonyl (C=O) groups excluding carboxylic acids is 1. The van der Waals surface area contributed by atoms with Gasteiger partial charge in [0, 0.05) is 16.5 Å². The van der Waals surface area contributed by atoms with Crippen LogP contribution < -0.4 is 0 Å². The highest BCUT2D eigenvalue weighted by Crippen LogP contribution is 2.31. The van der Waals surface area contributed by atoms with Crippen LogP contribution in [0.3, 0.4) is 0 Å². The first-order chi connectivity index (χ1) is 10.5. The first-order valence-corrected chi connectivity index (χ1v) is 7.59. The highest BCUT2D eigenvalue weighted by molar-refractivity contribution is 6.68. The smallest absolute Gasteiger partial charge is 0.253 e. The maximum absolute atomic E-state index is 11.8. The molecule has 1 aromatic heterocycles. The third-order valence-corrected chi connectivity index (χ3v) is 4.18. The molecule has 0 unspecified atom stereocenters. The van der Waals surface area contributed by atoms with Crippen LogP contribution in [0.5, 0.6) is 0 Å². The number of benzene rings is 2. The summed E-state index contributed by atoms with van der Waals surface area (Å²) in [4.78, 5) is 16.4. The molecule has 4 heteroatoms. The fraction of sp³-hybridized carbons (Fsp3) is 0.111. The van der Waals surface area contributed by atoms with E-state index in [1.165, 1.54) is 0 Å². The van der Waals surface area contributed by atoms with Gasteiger partial charge in [-0.05, 0) is 49.2 Å². The molecule has 0 aliphatic carbocycles. The Morgan fingerprint density at radius 2 is 1.86 bits per heavy atom. The number of hydrogen-bond donors (Lipinski definition) is 0. The molecule has 2 nitrogen and oxygen atoms in total. The monoisotopic (exact) mass is 329 g/mol. The molecule has 1 heterocycles. The summed E-state index contributed by atoms with van der Waals surface area (Å²) < 4.78 is 0. The lowest BCUT2D eigenvalue weighted by Gasteiger charge is -2.11. The molecule has 3 aromatic rings. The lowest BCUT2D eigenvalue weighted by Crippen LogP contribution is -1.97. The van der Waals surface area contributed by atoms with E-state index in [-0.39, 0.29) is 0 Å². The molecule has 0 fully saturated rings. The lowest BCUT2D eigenvalue weighted by molar-refractivity contribution is 0.108. The van der Waals surface area contributed by atoms with Crippen molar-refractivity contribution in [2.24, 2.45) is 0 Å². The lowest BCUT2D eigenvalue weighted by atomic mass is 9.99. The Hall–Kier alpha value is -1.90. The molecule has 2 aromatic carbocycles. The van der Waals surface area contributed by atoms with Crippen molar-refractivity contribution >= 4 is 39.3 Å². The Kier molecular flexibility index (Phi) is 3.90. The number of para-hydroxylation sites is 1. The summed E-state index contributed by atoms with van der Waals surface area (Å²) in [5.41, 5.74) is 4.89. The fourth-order valence-corrected chi connectivity index (χ4v) is 2.90. The highest BCUT2D eigenvalue weighted by Gasteiger charge is 2.15. The summed E-state index contributed by atoms with van der Waals surface area (Å²) in [6.07, 6.45) is 0. The van der Waals surface area contributed by atoms with Gasteiger partial charge in [0.25, 0.3) is 5.24 Å². The van der Waals surface area contributed by atoms with Crippen molar-refractivity contribution in [2.45, 2.75) is 13.8 Å². The number of halogens is 2. The van der Waals surface area contributed by atoms with Gasteiger partial charge in [0.1, 0.15) is 0 Å². The average molecular weight is 330 g/mol. The van der Waals surface area contributed by atoms with Gasteiger partial charge in [-0.15, -0.1) is 0 Å². The number of aromatic nitrogens is 1. The first kappa shape index (κ1) is 15.0. The third-order valence-electron chi connectivity index (χ3n) is 3.67. The SMILES string of the molecule is Cc1ccc(C)c(-c2cc(C(=O)Cl)c3cccc(Cl)c3n2)c1. The van der Waals surface area contributed by atoms with E-state index < -0.39 is 5.24 Å². The van der Waals surface area contributed by atoms with Gasteiger partial charge in [0.05, 0.1) is 16.2 Å². The van der Waals surface area contributed by atoms with E-state index in [2.05, 4.69) is 4.98 Å². The summed E-state index contributed by atoms with van der Waals surface area (Å²) in [6, 6.07) is 13.2. The number of hydrogen-bond acceptors (Lipinski definition) is 2. The molecule has 0 radical (unpaired) electrons. The van der Waals surface area contributed by atoms with Gasteiger partial charge >= 0.3 is 0 Å². The highest BCUT2D eigenvalue weighted by atomic mass is 35.5. The number of aryl methyl sites for hydroxylation is 2. The Morgan fingerprint density at radius 3 is 2.59 bits per heavy atom. The second-order valence-corrected chi connectivity index (χ2v) is 6.03. The normalized spacial score (nSPS) is 10.9. The standard InChI is InChI=1S/C18H13Cl2NO/c1-10-6-7-11(2)13(8-10)16-9-14(18(20)22)12-4-3-5-15(19)17(12)21-16/h3-9H,1-2H3. The summed E-state index contributed by atoms with van der Waals surface area (Å²) in [6.45, 7) is 4.03. The van der Waals surface area contributed by atoms with E-state index >= 15 is 0 Å². The van der Waals surface area contributed by atoms with E-state index in [9.17, 15) is 4.79 Å². The molecule has 0 amide bonds. The Morgan fingerprint density at radius 1 is 1.09 bits per heavy atom. The molecule has 0 atom stereocenters. The van der Waals surface area contributed by atoms with Crippen molar-refractivity contribution in [1.29, 1.82) is 0 Å². The third kappa shape index (κ3) is 2.60. The minimum atomic E-state index is -0.513. The van der Waals surface area contributed by atoms with Gasteiger partial charge in [-0.3, -0.25) is 4.79 Å². The van der Waals surface area contributed by atoms with Crippen molar-refractivity contribution in [3.63, 3.8) is 0 Å². The number of pyridine rings is 1. The minimum Gasteiger partial charge on any atom is -0.276 e. The number of carbonyl (C=O) groups is 1. The van der Waals surface area contributed by atoms with Crippen LogP contribution >= 0.6 is 23.2 Å². The van der Waals surface area contributed by atoms with Crippen molar-refractivity contribution in [1.82, 2.24) is 4.98 Å². The van der Waals surface area contributed by atoms with Crippen molar-refractivity contribution in [3.05, 3.63) is 64.2 Å². The quantitative estimate of drug-likeness (QED) is 0.577. The maximum atomic E-state index is 11.8. The summed E-state index contributed by atoms with van der Waals surface area (Å²) >= 11 is 12.0. The van der Waals surface area contributed by atoms with E-state index in [4.69, 9.17) is 23.2 Å². The van der Waals surface area contributed by atoms with Crippen LogP contribution in [0.4, 0.5) is 0 Å². The molecular formula is C18H13Cl2NO. The van der Waals surface area contributed by atoms with Crippen molar-refractivity contribution in [3.8, 4) is 11.3 Å². The molecule has 110 valence electrons. The molecular weight excluding hydrogens is 317 g/mol. The fourth-order valence-electron chi connectivity index (χ4n) is 2.53. The first-order valence-electron chi connectivity index (χ1n) is 6.84. The zero-order chi connectivity index (χ0) is 15.9. The molecule has 0 aliphatic heterocycles. The van der Waals surface area contributed by atoms with E-state index in [0.29, 0.717) is 27.2 Å². The molecule has 0 N–H and O–H groups in total. The van der Waals surface area contributed by atoms with Crippen LogP contribution in [0.1, 0.15) is 21.5 Å². The predicted octanol–water partition coefficient (Wildman–Crippen LogP) is 5.55. The van der Waals surface area contributed by atoms with Gasteiger partial charge < -0.3 is 0 Å². The second-order valence-electron chi connectivity index (χ2n) is 5.28. The number of nitrogens with zero attached hydrogens (tertiary/aromatic N) is 1. The summed E-state index contributed by atoms with van der Waals surface area (Å²) in [7, 11) is 0. The van der Waals surface area contributed by atoms with Crippen LogP contribution in [0.25, 0.3) is 22.2 Å². The molecule has 0 saturated carbocycles. The van der Waals surface area contributed by atoms with Crippen molar-refractivity contribution < 1.29 is 4.79 Å². The van der Waals surface area contributed by atoms with Crippen LogP contribution in [-0.4, -0.2) is 10.2 Å². The molecule has 0 saturated heterocycles. The largest absolute Gasteiger partial charge is 0.276 e. The molecule has 0 bridgehead atoms. The molecule has 3 rings (SSSR count). The van der Waals surface area contributed by atoms with Crippen LogP contribution in [0.15, 0.2) is 42.5 Å². The maximum Gasteiger partial charge on any atom is 0.253 e. The Bertz CT molecular complexity index is 903. The Labute approximate surface area is 138 Å². The summed E-state index contributed by atoms with van der Waals surface area (Å²) in [5.74, 6) is 0. The summed E-state index contributed by atoms with van der Waals surface area (Å²) in [5, 5.41) is 0.659. The van der Waals surface area contributed by atoms with Gasteiger partial charge in [0.15, 0.2) is 0 Å². The van der Waals surface area contributed by atoms with Gasteiger partial charge in [-0.2, -0.15) is 0 Å². The van der Waals surface area contributed by atoms with Crippen LogP contribution in [0, 0.1) is 13.8 Å². The van der Waals surface area contributed by atoms with E-state index in [1.807, 2.05) is 32.0 Å². The van der Waals surface area contributed by atoms with E-state index in [0.717, 1.165) is 16.7 Å². The van der Waals surface area contributed by atoms with Crippen LogP contribution in [0.2, 0.25) is 5.02 Å². The average Bonchev–Trinajstić information content (AvgIpc) is 2.49. The predicted molar refractivity (Wildman–Crippen MR) is 91.8 cm³/mol. The van der Waals surface area contributed by atoms with Gasteiger partial charge in [0.2, 0.25) is 0 Å². The van der Waals surface area contributed by atoms with Crippen molar-refractivity contribution in [2.75, 3.05) is 0 Å². The minimum absolute atomic E-state index is 0.421. The second kappa shape index (κ2) is 5.71.